The Morgan fingerprint density at radius 3 is 2.62 bits per heavy atom. The Kier molecular flexibility index (Phi) is 2.23. The highest BCUT2D eigenvalue weighted by atomic mass is 16.3. The van der Waals surface area contributed by atoms with Crippen molar-refractivity contribution >= 4 is 12.2 Å². The number of pyridine rings is 1. The van der Waals surface area contributed by atoms with Gasteiger partial charge in [0.25, 0.3) is 0 Å². The molecule has 0 aliphatic rings. The molecule has 2 heterocycles. The fourth-order valence-corrected chi connectivity index (χ4v) is 1.04. The minimum atomic E-state index is 0.858. The van der Waals surface area contributed by atoms with Crippen molar-refractivity contribution in [2.45, 2.75) is 0 Å². The van der Waals surface area contributed by atoms with Crippen molar-refractivity contribution in [3.8, 4) is 0 Å². The average molecular weight is 171 g/mol. The molecule has 0 fully saturated rings. The smallest absolute Gasteiger partial charge is 0.126 e. The van der Waals surface area contributed by atoms with Crippen LogP contribution in [-0.4, -0.2) is 4.98 Å². The van der Waals surface area contributed by atoms with Gasteiger partial charge in [-0.3, -0.25) is 4.98 Å². The predicted octanol–water partition coefficient (Wildman–Crippen LogP) is 2.85. The number of hydrogen-bond donors (Lipinski definition) is 0. The summed E-state index contributed by atoms with van der Waals surface area (Å²) in [4.78, 5) is 3.93. The first-order chi connectivity index (χ1) is 6.45. The first kappa shape index (κ1) is 7.80. The Morgan fingerprint density at radius 1 is 1.08 bits per heavy atom. The van der Waals surface area contributed by atoms with Gasteiger partial charge in [-0.25, -0.2) is 0 Å². The molecule has 13 heavy (non-hydrogen) atoms. The van der Waals surface area contributed by atoms with E-state index in [9.17, 15) is 0 Å². The number of furan rings is 1. The van der Waals surface area contributed by atoms with Crippen LogP contribution >= 0.6 is 0 Å². The Morgan fingerprint density at radius 2 is 1.92 bits per heavy atom. The van der Waals surface area contributed by atoms with Gasteiger partial charge in [0, 0.05) is 12.4 Å². The third kappa shape index (κ3) is 2.06. The highest BCUT2D eigenvalue weighted by molar-refractivity contribution is 5.66. The van der Waals surface area contributed by atoms with Crippen LogP contribution in [0.5, 0.6) is 0 Å². The van der Waals surface area contributed by atoms with E-state index < -0.39 is 0 Å². The molecule has 0 unspecified atom stereocenters. The topological polar surface area (TPSA) is 26.0 Å². The largest absolute Gasteiger partial charge is 0.465 e. The molecular weight excluding hydrogens is 162 g/mol. The second kappa shape index (κ2) is 3.72. The third-order valence-corrected chi connectivity index (χ3v) is 1.69. The maximum absolute atomic E-state index is 5.15. The average Bonchev–Trinajstić information content (AvgIpc) is 2.69. The second-order valence-electron chi connectivity index (χ2n) is 2.63. The molecule has 0 N–H and O–H groups in total. The lowest BCUT2D eigenvalue weighted by molar-refractivity contribution is 0.557. The van der Waals surface area contributed by atoms with E-state index in [0.29, 0.717) is 0 Å². The van der Waals surface area contributed by atoms with E-state index in [2.05, 4.69) is 4.98 Å². The maximum atomic E-state index is 5.15. The fraction of sp³-hybridized carbons (Fsp3) is 0. The molecule has 2 rings (SSSR count). The standard InChI is InChI=1S/C11H9NO/c1-2-11(13-9-1)4-3-10-5-7-12-8-6-10/h1-9H. The molecule has 0 aliphatic heterocycles. The van der Waals surface area contributed by atoms with Gasteiger partial charge in [-0.1, -0.05) is 6.08 Å². The van der Waals surface area contributed by atoms with Gasteiger partial charge in [-0.2, -0.15) is 0 Å². The zero-order valence-corrected chi connectivity index (χ0v) is 7.05. The van der Waals surface area contributed by atoms with Crippen LogP contribution < -0.4 is 0 Å². The lowest BCUT2D eigenvalue weighted by atomic mass is 10.2. The molecule has 2 aromatic rings. The number of rotatable bonds is 2. The molecule has 0 saturated heterocycles. The van der Waals surface area contributed by atoms with Crippen molar-refractivity contribution in [1.29, 1.82) is 0 Å². The summed E-state index contributed by atoms with van der Waals surface area (Å²) in [6, 6.07) is 7.67. The zero-order chi connectivity index (χ0) is 8.93. The molecular formula is C11H9NO. The molecule has 2 aromatic heterocycles. The van der Waals surface area contributed by atoms with Crippen molar-refractivity contribution in [3.05, 3.63) is 54.2 Å². The second-order valence-corrected chi connectivity index (χ2v) is 2.63. The van der Waals surface area contributed by atoms with Crippen LogP contribution in [0.25, 0.3) is 12.2 Å². The molecule has 0 radical (unpaired) electrons. The normalized spacial score (nSPS) is 10.8. The van der Waals surface area contributed by atoms with E-state index in [1.165, 1.54) is 0 Å². The fourth-order valence-electron chi connectivity index (χ4n) is 1.04. The van der Waals surface area contributed by atoms with Crippen molar-refractivity contribution < 1.29 is 4.42 Å². The van der Waals surface area contributed by atoms with Crippen molar-refractivity contribution in [2.24, 2.45) is 0 Å². The Labute approximate surface area is 76.5 Å². The minimum absolute atomic E-state index is 0.858. The Balaban J connectivity index is 2.15. The third-order valence-electron chi connectivity index (χ3n) is 1.69. The maximum Gasteiger partial charge on any atom is 0.126 e. The van der Waals surface area contributed by atoms with Crippen LogP contribution in [0.1, 0.15) is 11.3 Å². The molecule has 0 saturated carbocycles. The van der Waals surface area contributed by atoms with E-state index >= 15 is 0 Å². The summed E-state index contributed by atoms with van der Waals surface area (Å²) >= 11 is 0. The van der Waals surface area contributed by atoms with Gasteiger partial charge < -0.3 is 4.42 Å². The summed E-state index contributed by atoms with van der Waals surface area (Å²) in [5.74, 6) is 0.858. The van der Waals surface area contributed by atoms with Gasteiger partial charge in [0.1, 0.15) is 5.76 Å². The summed E-state index contributed by atoms with van der Waals surface area (Å²) in [7, 11) is 0. The molecule has 0 amide bonds. The number of hydrogen-bond acceptors (Lipinski definition) is 2. The summed E-state index contributed by atoms with van der Waals surface area (Å²) in [6.07, 6.45) is 9.10. The van der Waals surface area contributed by atoms with Crippen LogP contribution in [0.2, 0.25) is 0 Å². The minimum Gasteiger partial charge on any atom is -0.465 e. The molecule has 2 nitrogen and oxygen atoms in total. The summed E-state index contributed by atoms with van der Waals surface area (Å²) in [5.41, 5.74) is 1.12. The van der Waals surface area contributed by atoms with Crippen molar-refractivity contribution in [3.63, 3.8) is 0 Å². The van der Waals surface area contributed by atoms with Crippen molar-refractivity contribution in [2.75, 3.05) is 0 Å². The summed E-state index contributed by atoms with van der Waals surface area (Å²) in [6.45, 7) is 0. The molecule has 0 atom stereocenters. The van der Waals surface area contributed by atoms with Gasteiger partial charge in [-0.05, 0) is 35.9 Å². The Bertz CT molecular complexity index is 376. The zero-order valence-electron chi connectivity index (χ0n) is 7.05. The van der Waals surface area contributed by atoms with Gasteiger partial charge in [-0.15, -0.1) is 0 Å². The highest BCUT2D eigenvalue weighted by Crippen LogP contribution is 2.06. The van der Waals surface area contributed by atoms with Crippen LogP contribution in [0, 0.1) is 0 Å². The lowest BCUT2D eigenvalue weighted by Crippen LogP contribution is -1.71. The predicted molar refractivity (Wildman–Crippen MR) is 51.9 cm³/mol. The van der Waals surface area contributed by atoms with Crippen LogP contribution in [0.15, 0.2) is 47.3 Å². The monoisotopic (exact) mass is 171 g/mol. The molecule has 0 spiro atoms. The number of nitrogens with zero attached hydrogens (tertiary/aromatic N) is 1. The van der Waals surface area contributed by atoms with Crippen molar-refractivity contribution in [1.82, 2.24) is 4.98 Å². The SMILES string of the molecule is C(=Cc1ccco1)c1ccncc1. The molecule has 0 aromatic carbocycles. The van der Waals surface area contributed by atoms with E-state index in [-0.39, 0.29) is 0 Å². The van der Waals surface area contributed by atoms with E-state index in [0.717, 1.165) is 11.3 Å². The van der Waals surface area contributed by atoms with E-state index in [1.54, 1.807) is 18.7 Å². The molecule has 64 valence electrons. The lowest BCUT2D eigenvalue weighted by Gasteiger charge is -1.88. The van der Waals surface area contributed by atoms with Crippen LogP contribution in [0.3, 0.4) is 0 Å². The summed E-state index contributed by atoms with van der Waals surface area (Å²) in [5, 5.41) is 0. The molecule has 2 heteroatoms. The van der Waals surface area contributed by atoms with Gasteiger partial charge in [0.15, 0.2) is 0 Å². The Hall–Kier alpha value is -1.83. The van der Waals surface area contributed by atoms with Gasteiger partial charge >= 0.3 is 0 Å². The number of aromatic nitrogens is 1. The van der Waals surface area contributed by atoms with Crippen LogP contribution in [0.4, 0.5) is 0 Å². The first-order valence-corrected chi connectivity index (χ1v) is 4.07. The first-order valence-electron chi connectivity index (χ1n) is 4.07. The van der Waals surface area contributed by atoms with E-state index in [1.807, 2.05) is 36.4 Å². The van der Waals surface area contributed by atoms with Gasteiger partial charge in [0.05, 0.1) is 6.26 Å². The molecule has 0 bridgehead atoms. The molecule has 0 aliphatic carbocycles. The quantitative estimate of drug-likeness (QED) is 0.694. The van der Waals surface area contributed by atoms with Gasteiger partial charge in [0.2, 0.25) is 0 Å². The van der Waals surface area contributed by atoms with E-state index in [4.69, 9.17) is 4.42 Å². The highest BCUT2D eigenvalue weighted by Gasteiger charge is 1.87. The van der Waals surface area contributed by atoms with Crippen LogP contribution in [-0.2, 0) is 0 Å². The summed E-state index contributed by atoms with van der Waals surface area (Å²) < 4.78 is 5.15.